The predicted molar refractivity (Wildman–Crippen MR) is 88.7 cm³/mol. The van der Waals surface area contributed by atoms with Crippen LogP contribution in [0.5, 0.6) is 0 Å². The van der Waals surface area contributed by atoms with Gasteiger partial charge in [0, 0.05) is 25.8 Å². The molecule has 3 rings (SSSR count). The Morgan fingerprint density at radius 1 is 1.33 bits per heavy atom. The van der Waals surface area contributed by atoms with Gasteiger partial charge >= 0.3 is 0 Å². The summed E-state index contributed by atoms with van der Waals surface area (Å²) in [6, 6.07) is 3.59. The Morgan fingerprint density at radius 3 is 2.79 bits per heavy atom. The van der Waals surface area contributed by atoms with Crippen LogP contribution >= 0.6 is 0 Å². The molecule has 1 saturated heterocycles. The number of amides is 1. The first-order valence-corrected chi connectivity index (χ1v) is 8.16. The average Bonchev–Trinajstić information content (AvgIpc) is 3.11. The number of hydrogen-bond acceptors (Lipinski definition) is 6. The van der Waals surface area contributed by atoms with Crippen molar-refractivity contribution in [1.29, 1.82) is 0 Å². The zero-order chi connectivity index (χ0) is 16.9. The molecule has 3 heterocycles. The molecule has 8 nitrogen and oxygen atoms in total. The summed E-state index contributed by atoms with van der Waals surface area (Å²) in [5.74, 6) is 1.55. The van der Waals surface area contributed by atoms with Gasteiger partial charge in [0.05, 0.1) is 24.8 Å². The molecule has 8 heteroatoms. The Hall–Kier alpha value is -2.48. The molecule has 128 valence electrons. The molecule has 1 aliphatic rings. The second-order valence-electron chi connectivity index (χ2n) is 5.64. The summed E-state index contributed by atoms with van der Waals surface area (Å²) in [5, 5.41) is 7.46. The number of nitrogens with one attached hydrogen (secondary N) is 1. The lowest BCUT2D eigenvalue weighted by molar-refractivity contribution is 0.0302. The van der Waals surface area contributed by atoms with E-state index in [-0.39, 0.29) is 11.9 Å². The maximum Gasteiger partial charge on any atom is 0.255 e. The van der Waals surface area contributed by atoms with Crippen LogP contribution in [0.4, 0.5) is 5.82 Å². The van der Waals surface area contributed by atoms with Crippen molar-refractivity contribution in [3.63, 3.8) is 0 Å². The molecule has 1 atom stereocenters. The summed E-state index contributed by atoms with van der Waals surface area (Å²) < 4.78 is 7.11. The van der Waals surface area contributed by atoms with Gasteiger partial charge < -0.3 is 15.0 Å². The quantitative estimate of drug-likeness (QED) is 0.890. The maximum absolute atomic E-state index is 12.4. The molecule has 0 spiro atoms. The Kier molecular flexibility index (Phi) is 5.05. The molecule has 0 aliphatic carbocycles. The molecule has 2 aromatic heterocycles. The van der Waals surface area contributed by atoms with Crippen LogP contribution in [0.3, 0.4) is 0 Å². The van der Waals surface area contributed by atoms with Gasteiger partial charge in [-0.2, -0.15) is 5.10 Å². The molecule has 2 aromatic rings. The molecule has 0 radical (unpaired) electrons. The van der Waals surface area contributed by atoms with Crippen LogP contribution in [0, 0.1) is 0 Å². The Balaban J connectivity index is 1.65. The van der Waals surface area contributed by atoms with Crippen molar-refractivity contribution >= 4 is 11.7 Å². The van der Waals surface area contributed by atoms with Gasteiger partial charge in [-0.05, 0) is 26.0 Å². The minimum Gasteiger partial charge on any atom is -0.378 e. The molecule has 1 aliphatic heterocycles. The van der Waals surface area contributed by atoms with Crippen molar-refractivity contribution in [3.8, 4) is 0 Å². The van der Waals surface area contributed by atoms with Crippen LogP contribution in [0.25, 0.3) is 0 Å². The molecule has 1 fully saturated rings. The fourth-order valence-electron chi connectivity index (χ4n) is 2.69. The Bertz CT molecular complexity index is 678. The zero-order valence-corrected chi connectivity index (χ0v) is 14.0. The van der Waals surface area contributed by atoms with Crippen molar-refractivity contribution in [2.75, 3.05) is 31.6 Å². The van der Waals surface area contributed by atoms with E-state index in [0.29, 0.717) is 37.7 Å². The molecule has 1 unspecified atom stereocenters. The fourth-order valence-corrected chi connectivity index (χ4v) is 2.69. The largest absolute Gasteiger partial charge is 0.378 e. The van der Waals surface area contributed by atoms with Gasteiger partial charge in [-0.25, -0.2) is 14.6 Å². The molecule has 0 saturated carbocycles. The molecule has 1 amide bonds. The van der Waals surface area contributed by atoms with E-state index in [0.717, 1.165) is 12.4 Å². The number of aryl methyl sites for hydroxylation is 1. The second-order valence-corrected chi connectivity index (χ2v) is 5.64. The zero-order valence-electron chi connectivity index (χ0n) is 14.0. The van der Waals surface area contributed by atoms with E-state index >= 15 is 0 Å². The standard InChI is InChI=1S/C16H22N6O2/c1-3-22-15(18-11-19-22)12(2)20-14-5-4-13(10-17-14)16(23)21-6-8-24-9-7-21/h4-5,10-12H,3,6-9H2,1-2H3,(H,17,20). The molecular weight excluding hydrogens is 308 g/mol. The topological polar surface area (TPSA) is 85.2 Å². The monoisotopic (exact) mass is 330 g/mol. The summed E-state index contributed by atoms with van der Waals surface area (Å²) in [4.78, 5) is 22.8. The third-order valence-corrected chi connectivity index (χ3v) is 4.01. The highest BCUT2D eigenvalue weighted by Crippen LogP contribution is 2.16. The summed E-state index contributed by atoms with van der Waals surface area (Å²) in [7, 11) is 0. The lowest BCUT2D eigenvalue weighted by Crippen LogP contribution is -2.40. The van der Waals surface area contributed by atoms with E-state index in [2.05, 4.69) is 20.4 Å². The van der Waals surface area contributed by atoms with E-state index in [9.17, 15) is 4.79 Å². The van der Waals surface area contributed by atoms with E-state index < -0.39 is 0 Å². The Labute approximate surface area is 140 Å². The van der Waals surface area contributed by atoms with Crippen molar-refractivity contribution in [1.82, 2.24) is 24.6 Å². The number of pyridine rings is 1. The number of anilines is 1. The van der Waals surface area contributed by atoms with Crippen LogP contribution in [0.15, 0.2) is 24.7 Å². The van der Waals surface area contributed by atoms with Gasteiger partial charge in [0.25, 0.3) is 5.91 Å². The minimum absolute atomic E-state index is 0.00359. The molecule has 1 N–H and O–H groups in total. The summed E-state index contributed by atoms with van der Waals surface area (Å²) in [6.07, 6.45) is 3.16. The van der Waals surface area contributed by atoms with Crippen molar-refractivity contribution in [3.05, 3.63) is 36.0 Å². The summed E-state index contributed by atoms with van der Waals surface area (Å²) in [6.45, 7) is 7.23. The molecule has 0 aromatic carbocycles. The second kappa shape index (κ2) is 7.39. The first-order valence-electron chi connectivity index (χ1n) is 8.16. The highest BCUT2D eigenvalue weighted by atomic mass is 16.5. The van der Waals surface area contributed by atoms with Crippen molar-refractivity contribution < 1.29 is 9.53 Å². The third kappa shape index (κ3) is 3.53. The van der Waals surface area contributed by atoms with Crippen molar-refractivity contribution in [2.45, 2.75) is 26.4 Å². The molecule has 0 bridgehead atoms. The van der Waals surface area contributed by atoms with E-state index in [1.54, 1.807) is 23.5 Å². The van der Waals surface area contributed by atoms with Gasteiger partial charge in [-0.15, -0.1) is 0 Å². The van der Waals surface area contributed by atoms with E-state index in [1.807, 2.05) is 24.6 Å². The number of nitrogens with zero attached hydrogens (tertiary/aromatic N) is 5. The first kappa shape index (κ1) is 16.4. The summed E-state index contributed by atoms with van der Waals surface area (Å²) >= 11 is 0. The SMILES string of the molecule is CCn1ncnc1C(C)Nc1ccc(C(=O)N2CCOCC2)cn1. The van der Waals surface area contributed by atoms with Gasteiger partial charge in [0.2, 0.25) is 0 Å². The predicted octanol–water partition coefficient (Wildman–Crippen LogP) is 1.34. The third-order valence-electron chi connectivity index (χ3n) is 4.01. The van der Waals surface area contributed by atoms with Gasteiger partial charge in [-0.1, -0.05) is 0 Å². The van der Waals surface area contributed by atoms with Crippen LogP contribution in [-0.4, -0.2) is 56.9 Å². The highest BCUT2D eigenvalue weighted by Gasteiger charge is 2.19. The number of rotatable bonds is 5. The van der Waals surface area contributed by atoms with Crippen LogP contribution in [0.1, 0.15) is 36.1 Å². The van der Waals surface area contributed by atoms with E-state index in [4.69, 9.17) is 4.74 Å². The van der Waals surface area contributed by atoms with Crippen LogP contribution in [-0.2, 0) is 11.3 Å². The highest BCUT2D eigenvalue weighted by molar-refractivity contribution is 5.94. The Morgan fingerprint density at radius 2 is 2.12 bits per heavy atom. The normalized spacial score (nSPS) is 16.0. The lowest BCUT2D eigenvalue weighted by atomic mass is 10.2. The van der Waals surface area contributed by atoms with Gasteiger partial charge in [0.15, 0.2) is 0 Å². The van der Waals surface area contributed by atoms with Crippen LogP contribution < -0.4 is 5.32 Å². The maximum atomic E-state index is 12.4. The molecular formula is C16H22N6O2. The number of aromatic nitrogens is 4. The van der Waals surface area contributed by atoms with E-state index in [1.165, 1.54) is 0 Å². The minimum atomic E-state index is -0.0271. The number of hydrogen-bond donors (Lipinski definition) is 1. The number of ether oxygens (including phenoxy) is 1. The number of morpholine rings is 1. The number of carbonyl (C=O) groups is 1. The summed E-state index contributed by atoms with van der Waals surface area (Å²) in [5.41, 5.74) is 0.590. The molecule has 24 heavy (non-hydrogen) atoms. The van der Waals surface area contributed by atoms with Gasteiger partial charge in [-0.3, -0.25) is 4.79 Å². The fraction of sp³-hybridized carbons (Fsp3) is 0.500. The lowest BCUT2D eigenvalue weighted by Gasteiger charge is -2.26. The average molecular weight is 330 g/mol. The van der Waals surface area contributed by atoms with Crippen LogP contribution in [0.2, 0.25) is 0 Å². The van der Waals surface area contributed by atoms with Crippen molar-refractivity contribution in [2.24, 2.45) is 0 Å². The number of carbonyl (C=O) groups excluding carboxylic acids is 1. The van der Waals surface area contributed by atoms with Gasteiger partial charge in [0.1, 0.15) is 18.0 Å². The first-order chi connectivity index (χ1) is 11.7. The smallest absolute Gasteiger partial charge is 0.255 e.